The first kappa shape index (κ1) is 15.4. The molecule has 0 aliphatic rings. The van der Waals surface area contributed by atoms with Gasteiger partial charge in [-0.2, -0.15) is 0 Å². The van der Waals surface area contributed by atoms with Gasteiger partial charge in [-0.15, -0.1) is 0 Å². The van der Waals surface area contributed by atoms with Gasteiger partial charge in [0, 0.05) is 18.7 Å². The third-order valence-corrected chi connectivity index (χ3v) is 2.93. The van der Waals surface area contributed by atoms with Gasteiger partial charge in [0.25, 0.3) is 11.6 Å². The summed E-state index contributed by atoms with van der Waals surface area (Å²) in [5.41, 5.74) is 5.76. The molecule has 0 bridgehead atoms. The first-order valence-electron chi connectivity index (χ1n) is 6.14. The lowest BCUT2D eigenvalue weighted by atomic mass is 10.1. The van der Waals surface area contributed by atoms with E-state index in [1.165, 1.54) is 12.1 Å². The van der Waals surface area contributed by atoms with Crippen molar-refractivity contribution in [2.45, 2.75) is 6.54 Å². The predicted octanol–water partition coefficient (Wildman–Crippen LogP) is 2.39. The molecule has 2 aromatic carbocycles. The minimum atomic E-state index is -1.01. The Bertz CT molecular complexity index is 750. The third kappa shape index (κ3) is 3.35. The topological polar surface area (TPSA) is 98.3 Å². The molecule has 0 heterocycles. The SMILES string of the molecule is Nc1cc([N+](=O)[O-])ccc1C(=O)NCc1ccc(F)c(F)c1. The van der Waals surface area contributed by atoms with Crippen molar-refractivity contribution in [1.82, 2.24) is 5.32 Å². The van der Waals surface area contributed by atoms with Crippen molar-refractivity contribution in [3.05, 3.63) is 69.3 Å². The number of carbonyl (C=O) groups is 1. The summed E-state index contributed by atoms with van der Waals surface area (Å²) < 4.78 is 25.8. The molecule has 0 fully saturated rings. The van der Waals surface area contributed by atoms with Crippen molar-refractivity contribution in [3.8, 4) is 0 Å². The van der Waals surface area contributed by atoms with Gasteiger partial charge < -0.3 is 11.1 Å². The van der Waals surface area contributed by atoms with Crippen molar-refractivity contribution in [3.63, 3.8) is 0 Å². The molecule has 0 atom stereocenters. The molecule has 2 rings (SSSR count). The summed E-state index contributed by atoms with van der Waals surface area (Å²) in [7, 11) is 0. The smallest absolute Gasteiger partial charge is 0.271 e. The van der Waals surface area contributed by atoms with E-state index in [0.29, 0.717) is 5.56 Å². The Kier molecular flexibility index (Phi) is 4.31. The number of nitrogens with zero attached hydrogens (tertiary/aromatic N) is 1. The number of nitro benzene ring substituents is 1. The van der Waals surface area contributed by atoms with Crippen LogP contribution in [0, 0.1) is 21.7 Å². The normalized spacial score (nSPS) is 10.3. The van der Waals surface area contributed by atoms with Crippen LogP contribution in [0.3, 0.4) is 0 Å². The number of nitrogens with two attached hydrogens (primary N) is 1. The number of nitro groups is 1. The molecule has 6 nitrogen and oxygen atoms in total. The fourth-order valence-corrected chi connectivity index (χ4v) is 1.80. The molecule has 22 heavy (non-hydrogen) atoms. The summed E-state index contributed by atoms with van der Waals surface area (Å²) in [6, 6.07) is 6.72. The van der Waals surface area contributed by atoms with Gasteiger partial charge in [0.15, 0.2) is 11.6 Å². The second kappa shape index (κ2) is 6.17. The van der Waals surface area contributed by atoms with Gasteiger partial charge in [0.05, 0.1) is 16.2 Å². The van der Waals surface area contributed by atoms with Crippen molar-refractivity contribution in [2.75, 3.05) is 5.73 Å². The average molecular weight is 307 g/mol. The quantitative estimate of drug-likeness (QED) is 0.514. The second-order valence-electron chi connectivity index (χ2n) is 4.46. The maximum atomic E-state index is 13.0. The van der Waals surface area contributed by atoms with Crippen molar-refractivity contribution < 1.29 is 18.5 Å². The molecule has 0 radical (unpaired) electrons. The number of rotatable bonds is 4. The highest BCUT2D eigenvalue weighted by atomic mass is 19.2. The van der Waals surface area contributed by atoms with Crippen LogP contribution in [-0.4, -0.2) is 10.8 Å². The lowest BCUT2D eigenvalue weighted by Gasteiger charge is -2.08. The highest BCUT2D eigenvalue weighted by molar-refractivity contribution is 5.99. The maximum Gasteiger partial charge on any atom is 0.271 e. The fraction of sp³-hybridized carbons (Fsp3) is 0.0714. The van der Waals surface area contributed by atoms with Gasteiger partial charge >= 0.3 is 0 Å². The summed E-state index contributed by atoms with van der Waals surface area (Å²) in [6.45, 7) is -0.0353. The highest BCUT2D eigenvalue weighted by Crippen LogP contribution is 2.19. The van der Waals surface area contributed by atoms with Crippen LogP contribution in [0.15, 0.2) is 36.4 Å². The maximum absolute atomic E-state index is 13.0. The van der Waals surface area contributed by atoms with Gasteiger partial charge in [-0.05, 0) is 23.8 Å². The molecule has 0 aromatic heterocycles. The Morgan fingerprint density at radius 1 is 1.18 bits per heavy atom. The van der Waals surface area contributed by atoms with E-state index in [1.807, 2.05) is 0 Å². The minimum absolute atomic E-state index is 0.0353. The summed E-state index contributed by atoms with van der Waals surface area (Å²) in [5, 5.41) is 13.1. The Morgan fingerprint density at radius 2 is 1.91 bits per heavy atom. The van der Waals surface area contributed by atoms with Gasteiger partial charge in [-0.1, -0.05) is 6.07 Å². The van der Waals surface area contributed by atoms with E-state index in [1.54, 1.807) is 0 Å². The summed E-state index contributed by atoms with van der Waals surface area (Å²) in [5.74, 6) is -2.56. The number of non-ortho nitro benzene ring substituents is 1. The minimum Gasteiger partial charge on any atom is -0.398 e. The van der Waals surface area contributed by atoms with E-state index in [4.69, 9.17) is 5.73 Å². The first-order valence-corrected chi connectivity index (χ1v) is 6.14. The summed E-state index contributed by atoms with van der Waals surface area (Å²) in [6.07, 6.45) is 0. The molecule has 0 aliphatic carbocycles. The van der Waals surface area contributed by atoms with Crippen LogP contribution in [0.5, 0.6) is 0 Å². The van der Waals surface area contributed by atoms with Crippen molar-refractivity contribution >= 4 is 17.3 Å². The van der Waals surface area contributed by atoms with Crippen LogP contribution in [-0.2, 0) is 6.54 Å². The molecule has 0 unspecified atom stereocenters. The van der Waals surface area contributed by atoms with Gasteiger partial charge in [-0.25, -0.2) is 8.78 Å². The van der Waals surface area contributed by atoms with Crippen LogP contribution in [0.25, 0.3) is 0 Å². The number of hydrogen-bond donors (Lipinski definition) is 2. The second-order valence-corrected chi connectivity index (χ2v) is 4.46. The van der Waals surface area contributed by atoms with Gasteiger partial charge in [-0.3, -0.25) is 14.9 Å². The van der Waals surface area contributed by atoms with Crippen LogP contribution >= 0.6 is 0 Å². The number of halogens is 2. The highest BCUT2D eigenvalue weighted by Gasteiger charge is 2.14. The standard InChI is InChI=1S/C14H11F2N3O3/c15-11-4-1-8(5-12(11)16)7-18-14(20)10-3-2-9(19(21)22)6-13(10)17/h1-6H,7,17H2,(H,18,20). The largest absolute Gasteiger partial charge is 0.398 e. The number of nitrogen functional groups attached to an aromatic ring is 1. The van der Waals surface area contributed by atoms with E-state index in [0.717, 1.165) is 24.3 Å². The lowest BCUT2D eigenvalue weighted by molar-refractivity contribution is -0.384. The van der Waals surface area contributed by atoms with Gasteiger partial charge in [0.1, 0.15) is 0 Å². The number of carbonyl (C=O) groups excluding carboxylic acids is 1. The molecule has 2 aromatic rings. The first-order chi connectivity index (χ1) is 10.4. The Labute approximate surface area is 123 Å². The number of amides is 1. The van der Waals surface area contributed by atoms with E-state index in [-0.39, 0.29) is 23.5 Å². The Morgan fingerprint density at radius 3 is 2.50 bits per heavy atom. The van der Waals surface area contributed by atoms with E-state index in [9.17, 15) is 23.7 Å². The summed E-state index contributed by atoms with van der Waals surface area (Å²) in [4.78, 5) is 21.9. The Balaban J connectivity index is 2.09. The molecule has 3 N–H and O–H groups in total. The Hall–Kier alpha value is -3.03. The van der Waals surface area contributed by atoms with Crippen LogP contribution in [0.4, 0.5) is 20.2 Å². The molecule has 114 valence electrons. The zero-order valence-electron chi connectivity index (χ0n) is 11.2. The number of anilines is 1. The predicted molar refractivity (Wildman–Crippen MR) is 75.0 cm³/mol. The molecular formula is C14H11F2N3O3. The van der Waals surface area contributed by atoms with Crippen LogP contribution in [0.1, 0.15) is 15.9 Å². The molecule has 1 amide bonds. The van der Waals surface area contributed by atoms with E-state index >= 15 is 0 Å². The molecule has 0 aliphatic heterocycles. The molecular weight excluding hydrogens is 296 g/mol. The van der Waals surface area contributed by atoms with Crippen LogP contribution < -0.4 is 11.1 Å². The van der Waals surface area contributed by atoms with Crippen molar-refractivity contribution in [2.24, 2.45) is 0 Å². The molecule has 8 heteroatoms. The molecule has 0 saturated heterocycles. The zero-order chi connectivity index (χ0) is 16.3. The lowest BCUT2D eigenvalue weighted by Crippen LogP contribution is -2.24. The molecule has 0 spiro atoms. The number of hydrogen-bond acceptors (Lipinski definition) is 4. The molecule has 0 saturated carbocycles. The van der Waals surface area contributed by atoms with E-state index < -0.39 is 22.5 Å². The van der Waals surface area contributed by atoms with Crippen molar-refractivity contribution in [1.29, 1.82) is 0 Å². The zero-order valence-corrected chi connectivity index (χ0v) is 11.2. The average Bonchev–Trinajstić information content (AvgIpc) is 2.48. The fourth-order valence-electron chi connectivity index (χ4n) is 1.80. The third-order valence-electron chi connectivity index (χ3n) is 2.93. The number of nitrogens with one attached hydrogen (secondary N) is 1. The number of benzene rings is 2. The van der Waals surface area contributed by atoms with E-state index in [2.05, 4.69) is 5.32 Å². The summed E-state index contributed by atoms with van der Waals surface area (Å²) >= 11 is 0. The van der Waals surface area contributed by atoms with Crippen LogP contribution in [0.2, 0.25) is 0 Å². The monoisotopic (exact) mass is 307 g/mol. The van der Waals surface area contributed by atoms with Gasteiger partial charge in [0.2, 0.25) is 0 Å².